The van der Waals surface area contributed by atoms with Crippen LogP contribution in [0, 0.1) is 5.92 Å². The van der Waals surface area contributed by atoms with Gasteiger partial charge in [-0.1, -0.05) is 6.07 Å². The fourth-order valence-electron chi connectivity index (χ4n) is 4.75. The van der Waals surface area contributed by atoms with E-state index in [1.165, 1.54) is 6.92 Å². The molecule has 0 spiro atoms. The number of piperidine rings is 1. The van der Waals surface area contributed by atoms with Crippen molar-refractivity contribution in [2.45, 2.75) is 25.3 Å². The Kier molecular flexibility index (Phi) is 4.16. The summed E-state index contributed by atoms with van der Waals surface area (Å²) in [4.78, 5) is 36.5. The minimum absolute atomic E-state index is 0.0123. The standard InChI is InChI=1S/C20H21N5O2S/c1-12(26)21-8-17-14-7-13(16-3-2-4-18(27)25(16)17)9-24(10-14)19-15-5-6-28-20(15)23-11-22-19/h2-6,11,13-14,17H,7-10H2,1H3,(H,21,26)/t13-,14+,17+/m1/s1. The molecule has 0 aliphatic carbocycles. The molecule has 3 aromatic heterocycles. The molecular formula is C20H21N5O2S. The van der Waals surface area contributed by atoms with E-state index in [1.807, 2.05) is 22.1 Å². The summed E-state index contributed by atoms with van der Waals surface area (Å²) in [6.07, 6.45) is 2.65. The molecule has 5 heterocycles. The quantitative estimate of drug-likeness (QED) is 0.735. The number of amides is 1. The van der Waals surface area contributed by atoms with Crippen molar-refractivity contribution < 1.29 is 4.79 Å². The third kappa shape index (κ3) is 2.79. The highest BCUT2D eigenvalue weighted by atomic mass is 32.1. The molecule has 3 atom stereocenters. The van der Waals surface area contributed by atoms with Gasteiger partial charge in [0.15, 0.2) is 0 Å². The Labute approximate surface area is 166 Å². The van der Waals surface area contributed by atoms with Gasteiger partial charge in [0.05, 0.1) is 11.4 Å². The predicted octanol–water partition coefficient (Wildman–Crippen LogP) is 2.15. The summed E-state index contributed by atoms with van der Waals surface area (Å²) in [5, 5.41) is 6.05. The van der Waals surface area contributed by atoms with Crippen molar-refractivity contribution in [1.82, 2.24) is 19.9 Å². The number of thiophene rings is 1. The van der Waals surface area contributed by atoms with E-state index in [0.717, 1.165) is 41.2 Å². The van der Waals surface area contributed by atoms with Crippen molar-refractivity contribution in [1.29, 1.82) is 0 Å². The van der Waals surface area contributed by atoms with Gasteiger partial charge < -0.3 is 14.8 Å². The Morgan fingerprint density at radius 3 is 3.04 bits per heavy atom. The number of pyridine rings is 1. The molecule has 1 amide bonds. The maximum Gasteiger partial charge on any atom is 0.251 e. The van der Waals surface area contributed by atoms with Gasteiger partial charge in [0, 0.05) is 44.2 Å². The molecule has 2 bridgehead atoms. The Hall–Kier alpha value is -2.74. The van der Waals surface area contributed by atoms with Crippen molar-refractivity contribution >= 4 is 33.3 Å². The molecular weight excluding hydrogens is 374 g/mol. The first kappa shape index (κ1) is 17.4. The van der Waals surface area contributed by atoms with E-state index in [-0.39, 0.29) is 29.3 Å². The Bertz CT molecular complexity index is 1110. The summed E-state index contributed by atoms with van der Waals surface area (Å²) < 4.78 is 1.91. The van der Waals surface area contributed by atoms with Crippen molar-refractivity contribution in [3.8, 4) is 0 Å². The van der Waals surface area contributed by atoms with Crippen LogP contribution in [0.5, 0.6) is 0 Å². The van der Waals surface area contributed by atoms with Gasteiger partial charge >= 0.3 is 0 Å². The van der Waals surface area contributed by atoms with Crippen molar-refractivity contribution in [2.24, 2.45) is 5.92 Å². The van der Waals surface area contributed by atoms with Gasteiger partial charge in [-0.2, -0.15) is 0 Å². The summed E-state index contributed by atoms with van der Waals surface area (Å²) in [6.45, 7) is 3.62. The molecule has 0 aromatic carbocycles. The lowest BCUT2D eigenvalue weighted by Crippen LogP contribution is -2.52. The number of fused-ring (bicyclic) bond motifs is 5. The van der Waals surface area contributed by atoms with Gasteiger partial charge in [-0.15, -0.1) is 11.3 Å². The summed E-state index contributed by atoms with van der Waals surface area (Å²) in [5.74, 6) is 1.42. The average Bonchev–Trinajstić information content (AvgIpc) is 3.17. The van der Waals surface area contributed by atoms with Gasteiger partial charge in [-0.05, 0) is 29.9 Å². The normalized spacial score (nSPS) is 23.5. The van der Waals surface area contributed by atoms with Crippen molar-refractivity contribution in [2.75, 3.05) is 24.5 Å². The number of hydrogen-bond acceptors (Lipinski definition) is 6. The second-order valence-corrected chi connectivity index (χ2v) is 8.49. The Morgan fingerprint density at radius 2 is 2.18 bits per heavy atom. The first-order valence-electron chi connectivity index (χ1n) is 9.51. The predicted molar refractivity (Wildman–Crippen MR) is 109 cm³/mol. The summed E-state index contributed by atoms with van der Waals surface area (Å²) in [6, 6.07) is 7.53. The van der Waals surface area contributed by atoms with Crippen LogP contribution in [0.15, 0.2) is 40.8 Å². The average molecular weight is 395 g/mol. The zero-order valence-corrected chi connectivity index (χ0v) is 16.4. The number of nitrogens with zero attached hydrogens (tertiary/aromatic N) is 4. The Morgan fingerprint density at radius 1 is 1.29 bits per heavy atom. The molecule has 144 valence electrons. The number of anilines is 1. The number of carbonyl (C=O) groups is 1. The van der Waals surface area contributed by atoms with E-state index in [9.17, 15) is 9.59 Å². The zero-order chi connectivity index (χ0) is 19.3. The molecule has 28 heavy (non-hydrogen) atoms. The lowest BCUT2D eigenvalue weighted by Gasteiger charge is -2.47. The SMILES string of the molecule is CC(=O)NC[C@H]1[C@H]2C[C@H](CN(c3ncnc4sccc34)C2)c2cccc(=O)n21. The van der Waals surface area contributed by atoms with Gasteiger partial charge in [0.25, 0.3) is 5.56 Å². The molecule has 3 aromatic rings. The largest absolute Gasteiger partial charge is 0.355 e. The highest BCUT2D eigenvalue weighted by Gasteiger charge is 2.41. The lowest BCUT2D eigenvalue weighted by atomic mass is 9.78. The zero-order valence-electron chi connectivity index (χ0n) is 15.5. The maximum absolute atomic E-state index is 12.7. The molecule has 1 fully saturated rings. The first-order valence-corrected chi connectivity index (χ1v) is 10.4. The van der Waals surface area contributed by atoms with Crippen LogP contribution in [0.25, 0.3) is 10.2 Å². The van der Waals surface area contributed by atoms with Crippen molar-refractivity contribution in [3.05, 3.63) is 52.0 Å². The van der Waals surface area contributed by atoms with Crippen LogP contribution in [0.1, 0.15) is 31.0 Å². The highest BCUT2D eigenvalue weighted by Crippen LogP contribution is 2.42. The van der Waals surface area contributed by atoms with Crippen LogP contribution in [0.3, 0.4) is 0 Å². The van der Waals surface area contributed by atoms with E-state index in [1.54, 1.807) is 23.7 Å². The molecule has 7 nitrogen and oxygen atoms in total. The fourth-order valence-corrected chi connectivity index (χ4v) is 5.48. The number of aromatic nitrogens is 3. The molecule has 0 unspecified atom stereocenters. The minimum Gasteiger partial charge on any atom is -0.355 e. The number of hydrogen-bond donors (Lipinski definition) is 1. The monoisotopic (exact) mass is 395 g/mol. The van der Waals surface area contributed by atoms with Gasteiger partial charge in [-0.3, -0.25) is 9.59 Å². The number of rotatable bonds is 3. The molecule has 1 saturated heterocycles. The minimum atomic E-state index is -0.0731. The lowest BCUT2D eigenvalue weighted by molar-refractivity contribution is -0.119. The first-order chi connectivity index (χ1) is 13.6. The highest BCUT2D eigenvalue weighted by molar-refractivity contribution is 7.16. The molecule has 1 N–H and O–H groups in total. The third-order valence-electron chi connectivity index (χ3n) is 5.90. The van der Waals surface area contributed by atoms with Crippen LogP contribution in [-0.4, -0.2) is 40.1 Å². The second kappa shape index (κ2) is 6.70. The third-order valence-corrected chi connectivity index (χ3v) is 6.72. The molecule has 2 aliphatic rings. The summed E-state index contributed by atoms with van der Waals surface area (Å²) in [5.41, 5.74) is 1.07. The van der Waals surface area contributed by atoms with Crippen LogP contribution >= 0.6 is 11.3 Å². The fraction of sp³-hybridized carbons (Fsp3) is 0.400. The van der Waals surface area contributed by atoms with E-state index in [0.29, 0.717) is 6.54 Å². The summed E-state index contributed by atoms with van der Waals surface area (Å²) in [7, 11) is 0. The van der Waals surface area contributed by atoms with Crippen molar-refractivity contribution in [3.63, 3.8) is 0 Å². The molecule has 5 rings (SSSR count). The number of carbonyl (C=O) groups excluding carboxylic acids is 1. The maximum atomic E-state index is 12.7. The van der Waals surface area contributed by atoms with Crippen LogP contribution in [0.2, 0.25) is 0 Å². The topological polar surface area (TPSA) is 80.1 Å². The van der Waals surface area contributed by atoms with Crippen LogP contribution in [-0.2, 0) is 4.79 Å². The summed E-state index contributed by atoms with van der Waals surface area (Å²) >= 11 is 1.62. The van der Waals surface area contributed by atoms with Gasteiger partial charge in [0.1, 0.15) is 17.0 Å². The van der Waals surface area contributed by atoms with E-state index in [2.05, 4.69) is 26.3 Å². The Balaban J connectivity index is 1.56. The van der Waals surface area contributed by atoms with E-state index >= 15 is 0 Å². The van der Waals surface area contributed by atoms with E-state index < -0.39 is 0 Å². The molecule has 2 aliphatic heterocycles. The molecule has 0 radical (unpaired) electrons. The second-order valence-electron chi connectivity index (χ2n) is 7.60. The molecule has 0 saturated carbocycles. The van der Waals surface area contributed by atoms with Gasteiger partial charge in [0.2, 0.25) is 5.91 Å². The van der Waals surface area contributed by atoms with Crippen LogP contribution < -0.4 is 15.8 Å². The van der Waals surface area contributed by atoms with Gasteiger partial charge in [-0.25, -0.2) is 9.97 Å². The van der Waals surface area contributed by atoms with Crippen LogP contribution in [0.4, 0.5) is 5.82 Å². The number of nitrogens with one attached hydrogen (secondary N) is 1. The van der Waals surface area contributed by atoms with E-state index in [4.69, 9.17) is 0 Å². The molecule has 8 heteroatoms. The smallest absolute Gasteiger partial charge is 0.251 e.